The number of carboxylic acid groups (broad SMARTS) is 1. The lowest BCUT2D eigenvalue weighted by Gasteiger charge is -2.35. The Labute approximate surface area is 200 Å². The van der Waals surface area contributed by atoms with Gasteiger partial charge < -0.3 is 30.5 Å². The van der Waals surface area contributed by atoms with Crippen LogP contribution in [-0.4, -0.2) is 66.0 Å². The van der Waals surface area contributed by atoms with Crippen LogP contribution < -0.4 is 16.0 Å². The monoisotopic (exact) mass is 476 g/mol. The van der Waals surface area contributed by atoms with E-state index >= 15 is 0 Å². The number of aryl methyl sites for hydroxylation is 2. The maximum absolute atomic E-state index is 11.9. The molecule has 4 N–H and O–H groups in total. The minimum atomic E-state index is -1.14. The number of carboxylic acids is 1. The van der Waals surface area contributed by atoms with Gasteiger partial charge in [0.1, 0.15) is 18.0 Å². The summed E-state index contributed by atoms with van der Waals surface area (Å²) in [4.78, 5) is 39.0. The first-order chi connectivity index (χ1) is 16.3. The van der Waals surface area contributed by atoms with Gasteiger partial charge in [0, 0.05) is 32.2 Å². The molecule has 1 saturated carbocycles. The third kappa shape index (κ3) is 8.16. The van der Waals surface area contributed by atoms with Crippen molar-refractivity contribution >= 4 is 23.8 Å². The van der Waals surface area contributed by atoms with E-state index in [1.165, 1.54) is 12.5 Å². The van der Waals surface area contributed by atoms with Gasteiger partial charge in [0.25, 0.3) is 0 Å². The first-order valence-electron chi connectivity index (χ1n) is 12.1. The van der Waals surface area contributed by atoms with Gasteiger partial charge in [0.15, 0.2) is 0 Å². The van der Waals surface area contributed by atoms with Gasteiger partial charge in [-0.1, -0.05) is 6.07 Å². The van der Waals surface area contributed by atoms with E-state index in [1.54, 1.807) is 6.92 Å². The van der Waals surface area contributed by atoms with Gasteiger partial charge >= 0.3 is 12.1 Å². The minimum Gasteiger partial charge on any atom is -0.480 e. The van der Waals surface area contributed by atoms with Crippen LogP contribution in [0.1, 0.15) is 57.2 Å². The fourth-order valence-electron chi connectivity index (χ4n) is 4.20. The molecule has 0 saturated heterocycles. The predicted molar refractivity (Wildman–Crippen MR) is 126 cm³/mol. The topological polar surface area (TPSA) is 139 Å². The van der Waals surface area contributed by atoms with Crippen molar-refractivity contribution < 1.29 is 29.0 Å². The smallest absolute Gasteiger partial charge is 0.408 e. The quantitative estimate of drug-likeness (QED) is 0.360. The van der Waals surface area contributed by atoms with E-state index in [0.29, 0.717) is 5.92 Å². The molecular formula is C24H36N4O6. The maximum atomic E-state index is 11.9. The summed E-state index contributed by atoms with van der Waals surface area (Å²) in [5, 5.41) is 17.6. The molecule has 1 fully saturated rings. The van der Waals surface area contributed by atoms with Crippen LogP contribution in [0, 0.1) is 5.92 Å². The summed E-state index contributed by atoms with van der Waals surface area (Å²) < 4.78 is 10.9. The molecule has 2 heterocycles. The average Bonchev–Trinajstić information content (AvgIpc) is 2.77. The van der Waals surface area contributed by atoms with Crippen molar-refractivity contribution in [2.75, 3.05) is 25.0 Å². The van der Waals surface area contributed by atoms with Crippen LogP contribution in [-0.2, 0) is 31.9 Å². The van der Waals surface area contributed by atoms with Gasteiger partial charge in [-0.3, -0.25) is 4.79 Å². The van der Waals surface area contributed by atoms with Gasteiger partial charge in [-0.15, -0.1) is 0 Å². The summed E-state index contributed by atoms with van der Waals surface area (Å²) in [5.41, 5.74) is 2.42. The van der Waals surface area contributed by atoms with Crippen molar-refractivity contribution in [3.05, 3.63) is 23.4 Å². The third-order valence-corrected chi connectivity index (χ3v) is 6.25. The fraction of sp³-hybridized carbons (Fsp3) is 0.667. The number of pyridine rings is 1. The first-order valence-corrected chi connectivity index (χ1v) is 12.1. The molecule has 10 heteroatoms. The first kappa shape index (κ1) is 25.7. The van der Waals surface area contributed by atoms with Crippen molar-refractivity contribution in [1.29, 1.82) is 0 Å². The number of fused-ring (bicyclic) bond motifs is 1. The molecule has 1 aromatic rings. The lowest BCUT2D eigenvalue weighted by Crippen LogP contribution is -2.44. The summed E-state index contributed by atoms with van der Waals surface area (Å²) in [6, 6.07) is 3.21. The average molecular weight is 477 g/mol. The fourth-order valence-corrected chi connectivity index (χ4v) is 4.20. The number of carbonyl (C=O) groups is 3. The number of hydrogen-bond donors (Lipinski definition) is 4. The van der Waals surface area contributed by atoms with Gasteiger partial charge in [-0.25, -0.2) is 14.6 Å². The zero-order valence-corrected chi connectivity index (χ0v) is 20.0. The molecule has 2 amide bonds. The zero-order chi connectivity index (χ0) is 24.5. The van der Waals surface area contributed by atoms with Crippen LogP contribution in [0.4, 0.5) is 10.6 Å². The summed E-state index contributed by atoms with van der Waals surface area (Å²) in [7, 11) is 0. The number of nitrogens with one attached hydrogen (secondary N) is 3. The second kappa shape index (κ2) is 12.5. The van der Waals surface area contributed by atoms with E-state index in [2.05, 4.69) is 28.1 Å². The largest absolute Gasteiger partial charge is 0.480 e. The summed E-state index contributed by atoms with van der Waals surface area (Å²) in [6.45, 7) is 4.36. The minimum absolute atomic E-state index is 0.127. The van der Waals surface area contributed by atoms with Crippen LogP contribution in [0.5, 0.6) is 0 Å². The van der Waals surface area contributed by atoms with Crippen molar-refractivity contribution in [3.63, 3.8) is 0 Å². The molecule has 1 aliphatic carbocycles. The lowest BCUT2D eigenvalue weighted by atomic mass is 9.79. The number of amides is 2. The molecule has 3 rings (SSSR count). The Bertz CT molecular complexity index is 858. The molecule has 188 valence electrons. The molecule has 1 aromatic heterocycles. The molecule has 2 aliphatic rings. The molecule has 2 atom stereocenters. The van der Waals surface area contributed by atoms with Crippen LogP contribution in [0.2, 0.25) is 0 Å². The third-order valence-electron chi connectivity index (χ3n) is 6.25. The second-order valence-electron chi connectivity index (χ2n) is 9.19. The molecule has 0 spiro atoms. The van der Waals surface area contributed by atoms with Gasteiger partial charge in [-0.05, 0) is 63.0 Å². The molecule has 1 aliphatic heterocycles. The number of anilines is 1. The van der Waals surface area contributed by atoms with Gasteiger partial charge in [0.2, 0.25) is 5.91 Å². The zero-order valence-electron chi connectivity index (χ0n) is 20.0. The lowest BCUT2D eigenvalue weighted by molar-refractivity contribution is -0.140. The highest BCUT2D eigenvalue weighted by Gasteiger charge is 2.30. The number of rotatable bonds is 12. The Hall–Kier alpha value is -2.88. The van der Waals surface area contributed by atoms with Crippen LogP contribution in [0.15, 0.2) is 12.1 Å². The Morgan fingerprint density at radius 3 is 2.82 bits per heavy atom. The van der Waals surface area contributed by atoms with Crippen molar-refractivity contribution in [2.24, 2.45) is 5.92 Å². The van der Waals surface area contributed by atoms with E-state index in [-0.39, 0.29) is 31.6 Å². The van der Waals surface area contributed by atoms with E-state index in [9.17, 15) is 19.5 Å². The highest BCUT2D eigenvalue weighted by Crippen LogP contribution is 2.34. The van der Waals surface area contributed by atoms with E-state index in [4.69, 9.17) is 14.5 Å². The van der Waals surface area contributed by atoms with E-state index < -0.39 is 24.2 Å². The Morgan fingerprint density at radius 2 is 2.09 bits per heavy atom. The molecule has 1 unspecified atom stereocenters. The SMILES string of the molecule is CC(=O)NC[C@H](C)OC(=O)NC(CCO[C@H]1C[C@H](CCc2ccc3c(n2)NCCC3)C1)C(=O)O. The molecule has 10 nitrogen and oxygen atoms in total. The van der Waals surface area contributed by atoms with Crippen LogP contribution >= 0.6 is 0 Å². The van der Waals surface area contributed by atoms with Crippen molar-refractivity contribution in [3.8, 4) is 0 Å². The number of nitrogens with zero attached hydrogens (tertiary/aromatic N) is 1. The second-order valence-corrected chi connectivity index (χ2v) is 9.19. The van der Waals surface area contributed by atoms with Crippen molar-refractivity contribution in [1.82, 2.24) is 15.6 Å². The Kier molecular flexibility index (Phi) is 9.50. The standard InChI is InChI=1S/C24H36N4O6/c1-15(14-26-16(2)29)34-24(32)28-21(23(30)31)9-11-33-20-12-17(13-20)5-7-19-8-6-18-4-3-10-25-22(18)27-19/h6,8,15,17,20-21H,3-5,7,9-14H2,1-2H3,(H,25,27)(H,26,29)(H,28,32)(H,30,31)/t15-,17-,20-,21?/m0/s1. The van der Waals surface area contributed by atoms with Gasteiger partial charge in [-0.2, -0.15) is 0 Å². The summed E-state index contributed by atoms with van der Waals surface area (Å²) >= 11 is 0. The summed E-state index contributed by atoms with van der Waals surface area (Å²) in [6.07, 6.45) is 5.04. The number of alkyl carbamates (subject to hydrolysis) is 1. The van der Waals surface area contributed by atoms with E-state index in [0.717, 1.165) is 56.6 Å². The van der Waals surface area contributed by atoms with Crippen molar-refractivity contribution in [2.45, 2.75) is 77.0 Å². The molecule has 0 bridgehead atoms. The highest BCUT2D eigenvalue weighted by atomic mass is 16.6. The maximum Gasteiger partial charge on any atom is 0.408 e. The highest BCUT2D eigenvalue weighted by molar-refractivity contribution is 5.80. The number of ether oxygens (including phenoxy) is 2. The normalized spacial score (nSPS) is 20.6. The Morgan fingerprint density at radius 1 is 1.29 bits per heavy atom. The summed E-state index contributed by atoms with van der Waals surface area (Å²) in [5.74, 6) is 0.242. The predicted octanol–water partition coefficient (Wildman–Crippen LogP) is 2.26. The number of aromatic nitrogens is 1. The molecule has 0 radical (unpaired) electrons. The number of aliphatic carboxylic acids is 1. The Balaban J connectivity index is 1.29. The van der Waals surface area contributed by atoms with Crippen LogP contribution in [0.3, 0.4) is 0 Å². The number of hydrogen-bond acceptors (Lipinski definition) is 7. The molecule has 0 aromatic carbocycles. The molecule has 34 heavy (non-hydrogen) atoms. The number of carbonyl (C=O) groups excluding carboxylic acids is 2. The van der Waals surface area contributed by atoms with Crippen LogP contribution in [0.25, 0.3) is 0 Å². The molecular weight excluding hydrogens is 440 g/mol. The van der Waals surface area contributed by atoms with Gasteiger partial charge in [0.05, 0.1) is 12.6 Å². The van der Waals surface area contributed by atoms with E-state index in [1.807, 2.05) is 0 Å².